The summed E-state index contributed by atoms with van der Waals surface area (Å²) in [5.74, 6) is 0.700. The van der Waals surface area contributed by atoms with Crippen LogP contribution in [0.5, 0.6) is 0 Å². The molecule has 1 aliphatic carbocycles. The summed E-state index contributed by atoms with van der Waals surface area (Å²) in [5.41, 5.74) is 3.50. The van der Waals surface area contributed by atoms with Crippen molar-refractivity contribution in [3.63, 3.8) is 0 Å². The molecular formula is C26H31N5O3. The van der Waals surface area contributed by atoms with Gasteiger partial charge in [0, 0.05) is 55.7 Å². The lowest BCUT2D eigenvalue weighted by Gasteiger charge is -2.35. The van der Waals surface area contributed by atoms with E-state index in [-0.39, 0.29) is 30.4 Å². The number of aromatic nitrogens is 3. The second-order valence-electron chi connectivity index (χ2n) is 9.40. The van der Waals surface area contributed by atoms with Crippen molar-refractivity contribution in [2.24, 2.45) is 13.0 Å². The Hall–Kier alpha value is -3.26. The van der Waals surface area contributed by atoms with E-state index < -0.39 is 0 Å². The molecule has 0 bridgehead atoms. The molecule has 0 radical (unpaired) electrons. The largest absolute Gasteiger partial charge is 0.396 e. The maximum Gasteiger partial charge on any atom is 0.254 e. The average molecular weight is 462 g/mol. The van der Waals surface area contributed by atoms with Crippen molar-refractivity contribution in [1.82, 2.24) is 19.4 Å². The van der Waals surface area contributed by atoms with Gasteiger partial charge in [-0.05, 0) is 62.8 Å². The van der Waals surface area contributed by atoms with Gasteiger partial charge in [-0.1, -0.05) is 6.42 Å². The summed E-state index contributed by atoms with van der Waals surface area (Å²) in [4.78, 5) is 37.3. The topological polar surface area (TPSA) is 100 Å². The molecule has 2 aliphatic rings. The number of piperidine rings is 1. The molecule has 34 heavy (non-hydrogen) atoms. The monoisotopic (exact) mass is 461 g/mol. The normalized spacial score (nSPS) is 18.6. The van der Waals surface area contributed by atoms with Gasteiger partial charge in [-0.15, -0.1) is 0 Å². The van der Waals surface area contributed by atoms with Crippen molar-refractivity contribution in [2.45, 2.75) is 51.0 Å². The summed E-state index contributed by atoms with van der Waals surface area (Å²) >= 11 is 0. The number of nitrogens with one attached hydrogen (secondary N) is 1. The second kappa shape index (κ2) is 9.54. The van der Waals surface area contributed by atoms with E-state index in [9.17, 15) is 14.7 Å². The lowest BCUT2D eigenvalue weighted by atomic mass is 9.85. The molecule has 3 heterocycles. The number of rotatable bonds is 6. The molecule has 1 aromatic carbocycles. The van der Waals surface area contributed by atoms with Crippen molar-refractivity contribution >= 4 is 28.5 Å². The first-order chi connectivity index (χ1) is 16.6. The number of anilines is 1. The first-order valence-corrected chi connectivity index (χ1v) is 12.2. The number of pyridine rings is 1. The SMILES string of the molecule is Cn1c(-c2ccncc2)nc2cc(C(=O)N3CCCC[C@H]3CCO)cc(NC(=O)C3CCC3)c21. The molecule has 1 aliphatic heterocycles. The number of imidazole rings is 1. The molecule has 8 nitrogen and oxygen atoms in total. The summed E-state index contributed by atoms with van der Waals surface area (Å²) in [6, 6.07) is 7.45. The van der Waals surface area contributed by atoms with E-state index in [1.165, 1.54) is 0 Å². The molecule has 2 aromatic heterocycles. The number of fused-ring (bicyclic) bond motifs is 1. The number of hydrogen-bond acceptors (Lipinski definition) is 5. The van der Waals surface area contributed by atoms with Crippen LogP contribution in [0.2, 0.25) is 0 Å². The Balaban J connectivity index is 1.58. The standard InChI is InChI=1S/C26H31N5O3/c1-30-23-21(28-24(30)17-8-11-27-12-9-17)15-19(16-22(23)29-25(33)18-5-4-6-18)26(34)31-13-3-2-7-20(31)10-14-32/h8-9,11-12,15-16,18,20,32H,2-7,10,13-14H2,1H3,(H,29,33)/t20-/m0/s1. The van der Waals surface area contributed by atoms with Crippen LogP contribution in [-0.2, 0) is 11.8 Å². The van der Waals surface area contributed by atoms with E-state index in [0.29, 0.717) is 29.7 Å². The molecule has 1 atom stereocenters. The summed E-state index contributed by atoms with van der Waals surface area (Å²) in [6.45, 7) is 0.738. The zero-order valence-corrected chi connectivity index (χ0v) is 19.5. The zero-order chi connectivity index (χ0) is 23.7. The Morgan fingerprint density at radius 3 is 2.62 bits per heavy atom. The lowest BCUT2D eigenvalue weighted by molar-refractivity contribution is -0.122. The molecular weight excluding hydrogens is 430 g/mol. The number of nitrogens with zero attached hydrogens (tertiary/aromatic N) is 4. The Kier molecular flexibility index (Phi) is 6.32. The summed E-state index contributed by atoms with van der Waals surface area (Å²) in [6.07, 6.45) is 9.81. The van der Waals surface area contributed by atoms with Crippen LogP contribution >= 0.6 is 0 Å². The number of benzene rings is 1. The minimum atomic E-state index is -0.0738. The number of aliphatic hydroxyl groups excluding tert-OH is 1. The summed E-state index contributed by atoms with van der Waals surface area (Å²) in [7, 11) is 1.92. The fourth-order valence-corrected chi connectivity index (χ4v) is 5.12. The van der Waals surface area contributed by atoms with E-state index in [1.54, 1.807) is 18.5 Å². The molecule has 5 rings (SSSR count). The van der Waals surface area contributed by atoms with Crippen LogP contribution in [-0.4, -0.2) is 55.5 Å². The van der Waals surface area contributed by atoms with Crippen LogP contribution in [0.4, 0.5) is 5.69 Å². The second-order valence-corrected chi connectivity index (χ2v) is 9.40. The predicted octanol–water partition coefficient (Wildman–Crippen LogP) is 3.75. The van der Waals surface area contributed by atoms with E-state index in [2.05, 4.69) is 10.3 Å². The molecule has 0 unspecified atom stereocenters. The molecule has 3 aromatic rings. The first kappa shape index (κ1) is 22.5. The number of likely N-dealkylation sites (tertiary alicyclic amines) is 1. The van der Waals surface area contributed by atoms with Gasteiger partial charge in [0.15, 0.2) is 0 Å². The Morgan fingerprint density at radius 1 is 1.12 bits per heavy atom. The number of carbonyl (C=O) groups is 2. The maximum absolute atomic E-state index is 13.6. The van der Waals surface area contributed by atoms with Crippen LogP contribution in [0, 0.1) is 5.92 Å². The number of aryl methyl sites for hydroxylation is 1. The smallest absolute Gasteiger partial charge is 0.254 e. The maximum atomic E-state index is 13.6. The molecule has 2 amide bonds. The summed E-state index contributed by atoms with van der Waals surface area (Å²) in [5, 5.41) is 12.6. The van der Waals surface area contributed by atoms with Crippen LogP contribution in [0.1, 0.15) is 55.3 Å². The predicted molar refractivity (Wildman–Crippen MR) is 130 cm³/mol. The highest BCUT2D eigenvalue weighted by molar-refractivity contribution is 6.06. The molecule has 0 spiro atoms. The van der Waals surface area contributed by atoms with Gasteiger partial charge < -0.3 is 19.9 Å². The fraction of sp³-hybridized carbons (Fsp3) is 0.462. The number of amides is 2. The minimum Gasteiger partial charge on any atom is -0.396 e. The first-order valence-electron chi connectivity index (χ1n) is 12.2. The van der Waals surface area contributed by atoms with Crippen LogP contribution in [0.25, 0.3) is 22.4 Å². The summed E-state index contributed by atoms with van der Waals surface area (Å²) < 4.78 is 1.96. The van der Waals surface area contributed by atoms with Crippen LogP contribution < -0.4 is 5.32 Å². The van der Waals surface area contributed by atoms with Crippen molar-refractivity contribution in [1.29, 1.82) is 0 Å². The van der Waals surface area contributed by atoms with Crippen molar-refractivity contribution in [3.8, 4) is 11.4 Å². The number of carbonyl (C=O) groups excluding carboxylic acids is 2. The van der Waals surface area contributed by atoms with Crippen molar-refractivity contribution in [3.05, 3.63) is 42.2 Å². The molecule has 8 heteroatoms. The van der Waals surface area contributed by atoms with E-state index in [1.807, 2.05) is 34.7 Å². The molecule has 1 saturated carbocycles. The molecule has 2 N–H and O–H groups in total. The van der Waals surface area contributed by atoms with Gasteiger partial charge in [0.05, 0.1) is 16.7 Å². The van der Waals surface area contributed by atoms with Gasteiger partial charge in [0.2, 0.25) is 5.91 Å². The molecule has 2 fully saturated rings. The Morgan fingerprint density at radius 2 is 1.91 bits per heavy atom. The van der Waals surface area contributed by atoms with Gasteiger partial charge in [0.25, 0.3) is 5.91 Å². The number of hydrogen-bond donors (Lipinski definition) is 2. The van der Waals surface area contributed by atoms with Gasteiger partial charge in [0.1, 0.15) is 5.82 Å². The van der Waals surface area contributed by atoms with Crippen molar-refractivity contribution < 1.29 is 14.7 Å². The quantitative estimate of drug-likeness (QED) is 0.582. The third-order valence-corrected chi connectivity index (χ3v) is 7.24. The minimum absolute atomic E-state index is 0.0000559. The Bertz CT molecular complexity index is 1200. The van der Waals surface area contributed by atoms with E-state index in [4.69, 9.17) is 4.98 Å². The third kappa shape index (κ3) is 4.18. The fourth-order valence-electron chi connectivity index (χ4n) is 5.12. The Labute approximate surface area is 199 Å². The van der Waals surface area contributed by atoms with Crippen LogP contribution in [0.3, 0.4) is 0 Å². The van der Waals surface area contributed by atoms with Gasteiger partial charge in [-0.25, -0.2) is 4.98 Å². The van der Waals surface area contributed by atoms with Crippen LogP contribution in [0.15, 0.2) is 36.7 Å². The van der Waals surface area contributed by atoms with Crippen molar-refractivity contribution in [2.75, 3.05) is 18.5 Å². The number of aliphatic hydroxyl groups is 1. The third-order valence-electron chi connectivity index (χ3n) is 7.24. The van der Waals surface area contributed by atoms with Gasteiger partial charge in [-0.2, -0.15) is 0 Å². The highest BCUT2D eigenvalue weighted by Gasteiger charge is 2.30. The van der Waals surface area contributed by atoms with Gasteiger partial charge in [-0.3, -0.25) is 14.6 Å². The highest BCUT2D eigenvalue weighted by Crippen LogP contribution is 2.33. The van der Waals surface area contributed by atoms with Gasteiger partial charge >= 0.3 is 0 Å². The molecule has 1 saturated heterocycles. The lowest BCUT2D eigenvalue weighted by Crippen LogP contribution is -2.44. The zero-order valence-electron chi connectivity index (χ0n) is 19.5. The highest BCUT2D eigenvalue weighted by atomic mass is 16.3. The average Bonchev–Trinajstić information content (AvgIpc) is 3.15. The molecule has 178 valence electrons. The van der Waals surface area contributed by atoms with E-state index >= 15 is 0 Å². The van der Waals surface area contributed by atoms with E-state index in [0.717, 1.165) is 55.4 Å².